The summed E-state index contributed by atoms with van der Waals surface area (Å²) in [7, 11) is 0. The van der Waals surface area contributed by atoms with Gasteiger partial charge in [-0.1, -0.05) is 121 Å². The number of fused-ring (bicyclic) bond motifs is 6. The second-order valence-electron chi connectivity index (χ2n) is 12.4. The molecule has 0 amide bonds. The Kier molecular flexibility index (Phi) is 6.86. The lowest BCUT2D eigenvalue weighted by Gasteiger charge is -2.10. The van der Waals surface area contributed by atoms with Crippen LogP contribution in [0.15, 0.2) is 164 Å². The quantitative estimate of drug-likeness (QED) is 0.182. The zero-order valence-electron chi connectivity index (χ0n) is 26.7. The summed E-state index contributed by atoms with van der Waals surface area (Å²) in [5.41, 5.74) is 7.81. The monoisotopic (exact) mass is 673 g/mol. The summed E-state index contributed by atoms with van der Waals surface area (Å²) in [6, 6.07) is 57.9. The fraction of sp³-hybridized carbons (Fsp3) is 0. The second-order valence-corrected chi connectivity index (χ2v) is 14.5. The molecule has 0 unspecified atom stereocenters. The molecule has 50 heavy (non-hydrogen) atoms. The van der Waals surface area contributed by atoms with Crippen molar-refractivity contribution in [2.75, 3.05) is 0 Å². The Labute approximate surface area is 296 Å². The molecule has 0 N–H and O–H groups in total. The highest BCUT2D eigenvalue weighted by molar-refractivity contribution is 7.26. The van der Waals surface area contributed by atoms with Gasteiger partial charge in [0, 0.05) is 62.6 Å². The fourth-order valence-corrected chi connectivity index (χ4v) is 9.32. The van der Waals surface area contributed by atoms with Crippen LogP contribution in [0, 0.1) is 0 Å². The van der Waals surface area contributed by atoms with Crippen molar-refractivity contribution in [2.45, 2.75) is 0 Å². The van der Waals surface area contributed by atoms with E-state index in [2.05, 4.69) is 146 Å². The molecule has 0 atom stereocenters. The summed E-state index contributed by atoms with van der Waals surface area (Å²) < 4.78 is 4.96. The largest absolute Gasteiger partial charge is 0.208 e. The van der Waals surface area contributed by atoms with Gasteiger partial charge in [-0.05, 0) is 59.2 Å². The van der Waals surface area contributed by atoms with Crippen LogP contribution in [0.2, 0.25) is 0 Å². The predicted molar refractivity (Wildman–Crippen MR) is 213 cm³/mol. The van der Waals surface area contributed by atoms with Gasteiger partial charge in [0.2, 0.25) is 0 Å². The highest BCUT2D eigenvalue weighted by Crippen LogP contribution is 2.44. The van der Waals surface area contributed by atoms with Gasteiger partial charge < -0.3 is 0 Å². The Hall–Kier alpha value is -6.01. The molecule has 3 heterocycles. The number of aromatic nitrogens is 3. The van der Waals surface area contributed by atoms with E-state index in [9.17, 15) is 0 Å². The molecule has 0 spiro atoms. The van der Waals surface area contributed by atoms with Crippen LogP contribution in [0.1, 0.15) is 0 Å². The zero-order chi connectivity index (χ0) is 33.0. The maximum Gasteiger partial charge on any atom is 0.165 e. The number of rotatable bonds is 5. The van der Waals surface area contributed by atoms with E-state index < -0.39 is 0 Å². The molecule has 3 nitrogen and oxygen atoms in total. The van der Waals surface area contributed by atoms with Crippen LogP contribution in [-0.4, -0.2) is 15.0 Å². The molecular formula is C45H27N3S2. The summed E-state index contributed by atoms with van der Waals surface area (Å²) in [5.74, 6) is 2.01. The van der Waals surface area contributed by atoms with Crippen molar-refractivity contribution < 1.29 is 0 Å². The Bertz CT molecular complexity index is 2860. The highest BCUT2D eigenvalue weighted by atomic mass is 32.1. The molecule has 10 rings (SSSR count). The SMILES string of the molecule is c1ccc(-c2cc(-c3ccccc3)c3sc4ccc(-c5nc(-c6ccccc6)nc(-c6cccc7c6sc6ccccc67)n5)cc4c3c2)cc1. The van der Waals surface area contributed by atoms with E-state index in [1.165, 1.54) is 62.6 Å². The summed E-state index contributed by atoms with van der Waals surface area (Å²) in [5, 5.41) is 4.92. The number of nitrogens with zero attached hydrogens (tertiary/aromatic N) is 3. The van der Waals surface area contributed by atoms with E-state index in [0.717, 1.165) is 16.7 Å². The molecule has 7 aromatic carbocycles. The van der Waals surface area contributed by atoms with E-state index in [1.54, 1.807) is 11.3 Å². The van der Waals surface area contributed by atoms with E-state index >= 15 is 0 Å². The second kappa shape index (κ2) is 11.8. The first kappa shape index (κ1) is 29.0. The lowest BCUT2D eigenvalue weighted by atomic mass is 9.96. The summed E-state index contributed by atoms with van der Waals surface area (Å²) in [6.07, 6.45) is 0. The predicted octanol–water partition coefficient (Wildman–Crippen LogP) is 12.9. The van der Waals surface area contributed by atoms with Gasteiger partial charge in [0.25, 0.3) is 0 Å². The first-order valence-corrected chi connectivity index (χ1v) is 18.2. The molecule has 234 valence electrons. The van der Waals surface area contributed by atoms with Crippen LogP contribution < -0.4 is 0 Å². The van der Waals surface area contributed by atoms with Gasteiger partial charge in [0.1, 0.15) is 0 Å². The van der Waals surface area contributed by atoms with Crippen molar-refractivity contribution >= 4 is 63.0 Å². The average molecular weight is 674 g/mol. The van der Waals surface area contributed by atoms with E-state index in [1.807, 2.05) is 29.5 Å². The third-order valence-corrected chi connectivity index (χ3v) is 11.8. The standard InChI is InChI=1S/C45H27N3S2/c1-4-13-28(14-5-1)32-26-36(29-15-6-2-7-16-29)42-38(27-32)37-25-31(23-24-40(37)50-42)44-46-43(30-17-8-3-9-18-30)47-45(48-44)35-21-12-20-34-33-19-10-11-22-39(33)49-41(34)35/h1-27H. The molecule has 0 aliphatic rings. The van der Waals surface area contributed by atoms with Gasteiger partial charge in [0.05, 0.1) is 0 Å². The topological polar surface area (TPSA) is 38.7 Å². The van der Waals surface area contributed by atoms with E-state index in [0.29, 0.717) is 17.5 Å². The molecule has 5 heteroatoms. The summed E-state index contributed by atoms with van der Waals surface area (Å²) in [6.45, 7) is 0. The smallest absolute Gasteiger partial charge is 0.165 e. The lowest BCUT2D eigenvalue weighted by molar-refractivity contribution is 1.08. The Morgan fingerprint density at radius 3 is 1.62 bits per heavy atom. The van der Waals surface area contributed by atoms with E-state index in [-0.39, 0.29) is 0 Å². The van der Waals surface area contributed by atoms with Crippen molar-refractivity contribution in [2.24, 2.45) is 0 Å². The number of benzene rings is 7. The first-order valence-electron chi connectivity index (χ1n) is 16.6. The molecule has 0 aliphatic carbocycles. The highest BCUT2D eigenvalue weighted by Gasteiger charge is 2.19. The molecule has 0 radical (unpaired) electrons. The average Bonchev–Trinajstić information content (AvgIpc) is 3.76. The van der Waals surface area contributed by atoms with Gasteiger partial charge in [-0.2, -0.15) is 0 Å². The third-order valence-electron chi connectivity index (χ3n) is 9.33. The zero-order valence-corrected chi connectivity index (χ0v) is 28.4. The fourth-order valence-electron chi connectivity index (χ4n) is 6.91. The van der Waals surface area contributed by atoms with Crippen molar-refractivity contribution in [3.8, 4) is 56.4 Å². The lowest BCUT2D eigenvalue weighted by Crippen LogP contribution is -2.00. The van der Waals surface area contributed by atoms with Crippen molar-refractivity contribution in [3.05, 3.63) is 164 Å². The third kappa shape index (κ3) is 4.90. The normalized spacial score (nSPS) is 11.6. The Morgan fingerprint density at radius 1 is 0.300 bits per heavy atom. The first-order chi connectivity index (χ1) is 24.8. The van der Waals surface area contributed by atoms with Crippen LogP contribution >= 0.6 is 22.7 Å². The molecule has 0 fully saturated rings. The van der Waals surface area contributed by atoms with Gasteiger partial charge in [-0.3, -0.25) is 0 Å². The van der Waals surface area contributed by atoms with Gasteiger partial charge in [-0.15, -0.1) is 22.7 Å². The summed E-state index contributed by atoms with van der Waals surface area (Å²) >= 11 is 3.63. The van der Waals surface area contributed by atoms with Crippen LogP contribution in [-0.2, 0) is 0 Å². The van der Waals surface area contributed by atoms with Gasteiger partial charge in [0.15, 0.2) is 17.5 Å². The number of hydrogen-bond donors (Lipinski definition) is 0. The molecule has 0 saturated carbocycles. The minimum atomic E-state index is 0.663. The minimum absolute atomic E-state index is 0.663. The maximum absolute atomic E-state index is 5.21. The van der Waals surface area contributed by atoms with Crippen LogP contribution in [0.3, 0.4) is 0 Å². The van der Waals surface area contributed by atoms with Crippen LogP contribution in [0.4, 0.5) is 0 Å². The van der Waals surface area contributed by atoms with Crippen LogP contribution in [0.5, 0.6) is 0 Å². The van der Waals surface area contributed by atoms with Crippen molar-refractivity contribution in [1.82, 2.24) is 15.0 Å². The summed E-state index contributed by atoms with van der Waals surface area (Å²) in [4.78, 5) is 15.4. The molecular weight excluding hydrogens is 647 g/mol. The Balaban J connectivity index is 1.20. The number of thiophene rings is 2. The van der Waals surface area contributed by atoms with Crippen LogP contribution in [0.25, 0.3) is 96.8 Å². The molecule has 0 bridgehead atoms. The van der Waals surface area contributed by atoms with Crippen molar-refractivity contribution in [3.63, 3.8) is 0 Å². The molecule has 3 aromatic heterocycles. The van der Waals surface area contributed by atoms with Crippen molar-refractivity contribution in [1.29, 1.82) is 0 Å². The molecule has 0 saturated heterocycles. The van der Waals surface area contributed by atoms with Gasteiger partial charge in [-0.25, -0.2) is 15.0 Å². The maximum atomic E-state index is 5.21. The van der Waals surface area contributed by atoms with E-state index in [4.69, 9.17) is 15.0 Å². The Morgan fingerprint density at radius 2 is 0.860 bits per heavy atom. The number of hydrogen-bond acceptors (Lipinski definition) is 5. The molecule has 10 aromatic rings. The minimum Gasteiger partial charge on any atom is -0.208 e. The molecule has 0 aliphatic heterocycles. The van der Waals surface area contributed by atoms with Gasteiger partial charge >= 0.3 is 0 Å².